The summed E-state index contributed by atoms with van der Waals surface area (Å²) >= 11 is 0. The number of aliphatic hydroxyl groups excluding tert-OH is 1. The number of rotatable bonds is 6. The van der Waals surface area contributed by atoms with E-state index in [1.807, 2.05) is 53.6 Å². The fraction of sp³-hybridized carbons (Fsp3) is 0.479. The lowest BCUT2D eigenvalue weighted by Gasteiger charge is -2.39. The number of ketones is 1. The van der Waals surface area contributed by atoms with Crippen LogP contribution in [0.15, 0.2) is 63.6 Å². The monoisotopic (exact) mass is 869 g/mol. The van der Waals surface area contributed by atoms with E-state index in [9.17, 15) is 29.4 Å². The summed E-state index contributed by atoms with van der Waals surface area (Å²) in [5.74, 6) is -5.42. The van der Waals surface area contributed by atoms with Crippen LogP contribution < -0.4 is 20.2 Å². The van der Waals surface area contributed by atoms with Crippen LogP contribution in [0.4, 0.5) is 5.69 Å². The standard InChI is InChI=1S/C48H59N3O12/c1-23-14-13-15-24(2)47(57)50-39-42(55)36-35(38-45(39)62-34-17-16-31(22-32(34)49-38)59-21-19-51(10)11)37-44(29(7)41(36)54)63-48(9,46(37)56)60-20-18-33(58-12)28(6)43(61-30(8)52)27(5)25(3)26(4)40(23)53/h13-18,20,22-23,25-28,33,40,43,53-54H,19,21H2,1-12H3,(H,50,57)/b14-13+,20-18+,24-15-/t23-,25+,26-,27+,28+,33-,40-,43-,48-/m0/s1. The number of benzene rings is 3. The van der Waals surface area contributed by atoms with E-state index in [0.717, 1.165) is 0 Å². The largest absolute Gasteiger partial charge is 0.507 e. The number of aromatic nitrogens is 1. The zero-order valence-corrected chi connectivity index (χ0v) is 38.0. The van der Waals surface area contributed by atoms with Gasteiger partial charge in [0.15, 0.2) is 11.3 Å². The molecule has 9 atom stereocenters. The Morgan fingerprint density at radius 1 is 1.00 bits per heavy atom. The van der Waals surface area contributed by atoms with Crippen molar-refractivity contribution in [2.45, 2.75) is 86.4 Å². The Morgan fingerprint density at radius 3 is 2.38 bits per heavy atom. The molecule has 1 aliphatic carbocycles. The predicted molar refractivity (Wildman–Crippen MR) is 238 cm³/mol. The van der Waals surface area contributed by atoms with Crippen molar-refractivity contribution in [1.29, 1.82) is 0 Å². The number of phenols is 1. The number of aromatic hydroxyl groups is 1. The number of carbonyl (C=O) groups is 3. The van der Waals surface area contributed by atoms with E-state index >= 15 is 0 Å². The maximum Gasteiger partial charge on any atom is 0.312 e. The molecule has 63 heavy (non-hydrogen) atoms. The van der Waals surface area contributed by atoms with Crippen LogP contribution in [0.25, 0.3) is 33.3 Å². The summed E-state index contributed by atoms with van der Waals surface area (Å²) in [5.41, 5.74) is -0.367. The molecule has 0 spiro atoms. The van der Waals surface area contributed by atoms with Crippen LogP contribution in [0.1, 0.15) is 71.3 Å². The summed E-state index contributed by atoms with van der Waals surface area (Å²) in [6, 6.07) is 4.98. The minimum atomic E-state index is -2.00. The SMILES string of the molecule is CO[C@H]1/C=C/O[C@@]2(C)Oc3c(C)c(O)c4c(=O)c(c5oc6ccc(OCCN(C)C)cc6nc-5c4c3C2=O)NC(=O)/C(C)=C\C=C\[C@H](C)[C@H](O)[C@@H](C)[C@@H](C)[C@@H](C)[C@H](OC(C)=O)[C@@H]1C. The number of fused-ring (bicyclic) bond motifs is 2. The van der Waals surface area contributed by atoms with Gasteiger partial charge in [-0.2, -0.15) is 0 Å². The highest BCUT2D eigenvalue weighted by Crippen LogP contribution is 2.50. The van der Waals surface area contributed by atoms with Gasteiger partial charge in [0.25, 0.3) is 11.7 Å². The second-order valence-electron chi connectivity index (χ2n) is 17.4. The number of nitrogens with zero attached hydrogens (tertiary/aromatic N) is 2. The number of likely N-dealkylation sites (N-methyl/N-ethyl adjacent to an activating group) is 1. The Kier molecular flexibility index (Phi) is 13.7. The van der Waals surface area contributed by atoms with E-state index in [4.69, 9.17) is 33.1 Å². The molecule has 3 N–H and O–H groups in total. The van der Waals surface area contributed by atoms with E-state index in [2.05, 4.69) is 5.32 Å². The van der Waals surface area contributed by atoms with Gasteiger partial charge in [-0.15, -0.1) is 0 Å². The van der Waals surface area contributed by atoms with Crippen LogP contribution in [0.2, 0.25) is 0 Å². The second-order valence-corrected chi connectivity index (χ2v) is 17.4. The van der Waals surface area contributed by atoms with Crippen molar-refractivity contribution in [3.63, 3.8) is 0 Å². The molecule has 4 aliphatic rings. The first kappa shape index (κ1) is 46.7. The predicted octanol–water partition coefficient (Wildman–Crippen LogP) is 7.16. The number of phenolic OH excluding ortho intramolecular Hbond substituents is 1. The molecule has 4 bridgehead atoms. The number of nitrogens with one attached hydrogen (secondary N) is 1. The molecule has 0 saturated carbocycles. The third kappa shape index (κ3) is 9.04. The molecule has 15 heteroatoms. The van der Waals surface area contributed by atoms with Gasteiger partial charge in [0, 0.05) is 61.9 Å². The van der Waals surface area contributed by atoms with E-state index in [1.54, 1.807) is 49.4 Å². The zero-order valence-electron chi connectivity index (χ0n) is 38.0. The molecule has 0 fully saturated rings. The molecule has 1 amide bonds. The molecule has 3 heterocycles. The van der Waals surface area contributed by atoms with Gasteiger partial charge in [-0.3, -0.25) is 19.2 Å². The van der Waals surface area contributed by atoms with E-state index in [1.165, 1.54) is 34.1 Å². The van der Waals surface area contributed by atoms with Crippen molar-refractivity contribution >= 4 is 45.2 Å². The van der Waals surface area contributed by atoms with Crippen molar-refractivity contribution in [2.75, 3.05) is 39.7 Å². The molecule has 15 nitrogen and oxygen atoms in total. The highest BCUT2D eigenvalue weighted by Gasteiger charge is 2.50. The quantitative estimate of drug-likeness (QED) is 0.100. The summed E-state index contributed by atoms with van der Waals surface area (Å²) in [6.07, 6.45) is 5.74. The van der Waals surface area contributed by atoms with Crippen LogP contribution in [-0.2, 0) is 23.8 Å². The number of methoxy groups -OCH3 is 1. The number of hydrogen-bond acceptors (Lipinski definition) is 14. The maximum atomic E-state index is 14.7. The van der Waals surface area contributed by atoms with Gasteiger partial charge in [-0.05, 0) is 63.9 Å². The average molecular weight is 870 g/mol. The molecule has 6 rings (SSSR count). The van der Waals surface area contributed by atoms with Crippen LogP contribution in [0.3, 0.4) is 0 Å². The van der Waals surface area contributed by atoms with Gasteiger partial charge in [0.1, 0.15) is 46.9 Å². The van der Waals surface area contributed by atoms with Gasteiger partial charge in [0.2, 0.25) is 5.43 Å². The number of carbonyl (C=O) groups excluding carboxylic acids is 3. The fourth-order valence-corrected chi connectivity index (χ4v) is 8.44. The van der Waals surface area contributed by atoms with Crippen molar-refractivity contribution < 1.29 is 52.7 Å². The summed E-state index contributed by atoms with van der Waals surface area (Å²) in [4.78, 5) is 62.7. The molecule has 2 aromatic rings. The van der Waals surface area contributed by atoms with Crippen molar-refractivity contribution in [3.8, 4) is 28.7 Å². The number of esters is 1. The number of amides is 1. The molecule has 338 valence electrons. The first-order valence-electron chi connectivity index (χ1n) is 21.2. The molecule has 0 aromatic heterocycles. The fourth-order valence-electron chi connectivity index (χ4n) is 8.44. The molecule has 0 unspecified atom stereocenters. The maximum absolute atomic E-state index is 14.7. The molecule has 3 aliphatic heterocycles. The number of anilines is 1. The molecule has 0 radical (unpaired) electrons. The van der Waals surface area contributed by atoms with Crippen LogP contribution in [-0.4, -0.2) is 96.2 Å². The lowest BCUT2D eigenvalue weighted by Crippen LogP contribution is -2.43. The van der Waals surface area contributed by atoms with Gasteiger partial charge in [-0.1, -0.05) is 52.8 Å². The smallest absolute Gasteiger partial charge is 0.312 e. The Bertz CT molecular complexity index is 2540. The van der Waals surface area contributed by atoms with Crippen LogP contribution >= 0.6 is 0 Å². The Hall–Kier alpha value is -5.77. The average Bonchev–Trinajstić information content (AvgIpc) is 3.50. The molecule has 2 aromatic carbocycles. The minimum absolute atomic E-state index is 0.0119. The number of ether oxygens (including phenoxy) is 5. The topological polar surface area (TPSA) is 196 Å². The number of allylic oxidation sites excluding steroid dienone is 2. The summed E-state index contributed by atoms with van der Waals surface area (Å²) in [5, 5.41) is 25.7. The Balaban J connectivity index is 1.58. The highest BCUT2D eigenvalue weighted by atomic mass is 16.7. The van der Waals surface area contributed by atoms with Gasteiger partial charge < -0.3 is 48.5 Å². The summed E-state index contributed by atoms with van der Waals surface area (Å²) in [7, 11) is 5.36. The van der Waals surface area contributed by atoms with Crippen LogP contribution in [0.5, 0.6) is 17.2 Å². The first-order chi connectivity index (χ1) is 29.7. The van der Waals surface area contributed by atoms with Gasteiger partial charge >= 0.3 is 11.8 Å². The molecular formula is C48H59N3O12. The van der Waals surface area contributed by atoms with Gasteiger partial charge in [-0.25, -0.2) is 4.98 Å². The van der Waals surface area contributed by atoms with Gasteiger partial charge in [0.05, 0.1) is 29.4 Å². The third-order valence-corrected chi connectivity index (χ3v) is 12.7. The Morgan fingerprint density at radius 2 is 1.71 bits per heavy atom. The van der Waals surface area contributed by atoms with Crippen molar-refractivity contribution in [2.24, 2.45) is 29.6 Å². The van der Waals surface area contributed by atoms with E-state index in [0.29, 0.717) is 24.4 Å². The number of aliphatic hydroxyl groups is 1. The Labute approximate surface area is 367 Å². The van der Waals surface area contributed by atoms with Crippen LogP contribution in [0, 0.1) is 36.5 Å². The zero-order chi connectivity index (χ0) is 46.2. The second kappa shape index (κ2) is 18.5. The van der Waals surface area contributed by atoms with Crippen molar-refractivity contribution in [1.82, 2.24) is 9.88 Å². The summed E-state index contributed by atoms with van der Waals surface area (Å²) < 4.78 is 36.5. The lowest BCUT2D eigenvalue weighted by molar-refractivity contribution is -0.157. The third-order valence-electron chi connectivity index (χ3n) is 12.7. The molecular weight excluding hydrogens is 811 g/mol. The number of hydrogen-bond donors (Lipinski definition) is 3. The van der Waals surface area contributed by atoms with E-state index in [-0.39, 0.29) is 79.6 Å². The normalized spacial score (nSPS) is 29.0. The lowest BCUT2D eigenvalue weighted by atomic mass is 9.73. The number of Topliss-reactive ketones (excluding diaryl/α,β-unsaturated/α-hetero) is 1. The van der Waals surface area contributed by atoms with Crippen molar-refractivity contribution in [3.05, 3.63) is 75.7 Å². The summed E-state index contributed by atoms with van der Waals surface area (Å²) in [6.45, 7) is 16.5. The molecule has 0 saturated heterocycles. The highest BCUT2D eigenvalue weighted by molar-refractivity contribution is 6.22. The first-order valence-corrected chi connectivity index (χ1v) is 21.2. The van der Waals surface area contributed by atoms with E-state index < -0.39 is 58.9 Å². The minimum Gasteiger partial charge on any atom is -0.507 e.